The van der Waals surface area contributed by atoms with Crippen LogP contribution >= 0.6 is 11.3 Å². The maximum atomic E-state index is 13.2. The van der Waals surface area contributed by atoms with Gasteiger partial charge in [-0.3, -0.25) is 9.69 Å². The molecular weight excluding hydrogens is 505 g/mol. The summed E-state index contributed by atoms with van der Waals surface area (Å²) < 4.78 is 45.3. The van der Waals surface area contributed by atoms with Gasteiger partial charge in [0.05, 0.1) is 23.7 Å². The third kappa shape index (κ3) is 5.98. The lowest BCUT2D eigenvalue weighted by Crippen LogP contribution is -2.50. The van der Waals surface area contributed by atoms with Gasteiger partial charge >= 0.3 is 5.97 Å². The molecular formula is C25H26FN3O5S2. The molecule has 11 heteroatoms. The van der Waals surface area contributed by atoms with Gasteiger partial charge in [-0.1, -0.05) is 30.3 Å². The van der Waals surface area contributed by atoms with Crippen molar-refractivity contribution in [2.24, 2.45) is 0 Å². The van der Waals surface area contributed by atoms with Crippen LogP contribution in [0.25, 0.3) is 10.4 Å². The Morgan fingerprint density at radius 1 is 1.03 bits per heavy atom. The number of rotatable bonds is 8. The number of nitrogens with one attached hydrogen (secondary N) is 1. The predicted octanol–water partition coefficient (Wildman–Crippen LogP) is 3.68. The lowest BCUT2D eigenvalue weighted by molar-refractivity contribution is -0.117. The van der Waals surface area contributed by atoms with Crippen molar-refractivity contribution in [2.45, 2.75) is 11.8 Å². The summed E-state index contributed by atoms with van der Waals surface area (Å²) >= 11 is 1.25. The van der Waals surface area contributed by atoms with Crippen molar-refractivity contribution < 1.29 is 27.1 Å². The molecule has 0 aliphatic carbocycles. The first-order chi connectivity index (χ1) is 17.3. The van der Waals surface area contributed by atoms with Gasteiger partial charge in [0.2, 0.25) is 15.9 Å². The fraction of sp³-hybridized carbons (Fsp3) is 0.280. The summed E-state index contributed by atoms with van der Waals surface area (Å²) in [6.07, 6.45) is 0. The number of halogens is 1. The third-order valence-corrected chi connectivity index (χ3v) is 8.75. The number of sulfonamides is 1. The Hall–Kier alpha value is -3.12. The number of nitrogens with zero attached hydrogens (tertiary/aromatic N) is 2. The van der Waals surface area contributed by atoms with Gasteiger partial charge in [-0.15, -0.1) is 11.3 Å². The SMILES string of the molecule is CCOC(=O)c1sc(-c2ccccc2)cc1NC(=O)CN1CCN(S(=O)(=O)c2ccc(F)cc2)CC1. The molecule has 0 radical (unpaired) electrons. The molecule has 1 fully saturated rings. The molecule has 1 aromatic heterocycles. The molecule has 0 bridgehead atoms. The van der Waals surface area contributed by atoms with Crippen molar-refractivity contribution in [3.8, 4) is 10.4 Å². The van der Waals surface area contributed by atoms with Crippen LogP contribution in [0.1, 0.15) is 16.6 Å². The van der Waals surface area contributed by atoms with E-state index in [9.17, 15) is 22.4 Å². The molecule has 190 valence electrons. The van der Waals surface area contributed by atoms with Crippen molar-refractivity contribution in [3.05, 3.63) is 71.4 Å². The number of carbonyl (C=O) groups excluding carboxylic acids is 2. The molecule has 1 amide bonds. The van der Waals surface area contributed by atoms with Crippen LogP contribution in [0.4, 0.5) is 10.1 Å². The third-order valence-electron chi connectivity index (χ3n) is 5.68. The summed E-state index contributed by atoms with van der Waals surface area (Å²) in [4.78, 5) is 28.3. The minimum absolute atomic E-state index is 0.0354. The van der Waals surface area contributed by atoms with E-state index in [1.54, 1.807) is 13.0 Å². The zero-order valence-electron chi connectivity index (χ0n) is 19.6. The number of amides is 1. The molecule has 0 saturated carbocycles. The van der Waals surface area contributed by atoms with E-state index in [2.05, 4.69) is 5.32 Å². The molecule has 8 nitrogen and oxygen atoms in total. The minimum Gasteiger partial charge on any atom is -0.462 e. The largest absolute Gasteiger partial charge is 0.462 e. The van der Waals surface area contributed by atoms with Crippen molar-refractivity contribution >= 4 is 38.9 Å². The number of benzene rings is 2. The molecule has 36 heavy (non-hydrogen) atoms. The van der Waals surface area contributed by atoms with Gasteiger partial charge in [-0.2, -0.15) is 4.31 Å². The number of carbonyl (C=O) groups is 2. The zero-order valence-corrected chi connectivity index (χ0v) is 21.3. The van der Waals surface area contributed by atoms with E-state index in [0.29, 0.717) is 23.7 Å². The summed E-state index contributed by atoms with van der Waals surface area (Å²) in [7, 11) is -3.73. The molecule has 0 spiro atoms. The molecule has 1 saturated heterocycles. The van der Waals surface area contributed by atoms with Crippen LogP contribution < -0.4 is 5.32 Å². The second-order valence-corrected chi connectivity index (χ2v) is 11.1. The lowest BCUT2D eigenvalue weighted by Gasteiger charge is -2.33. The highest BCUT2D eigenvalue weighted by atomic mass is 32.2. The average Bonchev–Trinajstić information content (AvgIpc) is 3.29. The fourth-order valence-electron chi connectivity index (χ4n) is 3.85. The van der Waals surface area contributed by atoms with Gasteiger partial charge in [0.25, 0.3) is 0 Å². The van der Waals surface area contributed by atoms with E-state index < -0.39 is 21.8 Å². The maximum Gasteiger partial charge on any atom is 0.350 e. The molecule has 0 atom stereocenters. The quantitative estimate of drug-likeness (QED) is 0.446. The Morgan fingerprint density at radius 2 is 1.69 bits per heavy atom. The highest BCUT2D eigenvalue weighted by Crippen LogP contribution is 2.35. The van der Waals surface area contributed by atoms with Crippen LogP contribution in [0, 0.1) is 5.82 Å². The van der Waals surface area contributed by atoms with E-state index in [4.69, 9.17) is 4.74 Å². The van der Waals surface area contributed by atoms with Crippen LogP contribution in [0.5, 0.6) is 0 Å². The number of hydrogen-bond donors (Lipinski definition) is 1. The summed E-state index contributed by atoms with van der Waals surface area (Å²) in [6.45, 7) is 3.11. The van der Waals surface area contributed by atoms with Crippen molar-refractivity contribution in [3.63, 3.8) is 0 Å². The Kier molecular flexibility index (Phi) is 8.14. The standard InChI is InChI=1S/C25H26FN3O5S2/c1-2-34-25(31)24-21(16-22(35-24)18-6-4-3-5-7-18)27-23(30)17-28-12-14-29(15-13-28)36(32,33)20-10-8-19(26)9-11-20/h3-11,16H,2,12-15,17H2,1H3,(H,27,30). The molecule has 4 rings (SSSR count). The summed E-state index contributed by atoms with van der Waals surface area (Å²) in [6, 6.07) is 16.0. The van der Waals surface area contributed by atoms with Gasteiger partial charge in [0.15, 0.2) is 0 Å². The molecule has 1 N–H and O–H groups in total. The second-order valence-electron chi connectivity index (χ2n) is 8.12. The summed E-state index contributed by atoms with van der Waals surface area (Å²) in [5, 5.41) is 2.82. The first kappa shape index (κ1) is 26.0. The lowest BCUT2D eigenvalue weighted by atomic mass is 10.2. The van der Waals surface area contributed by atoms with E-state index in [0.717, 1.165) is 22.6 Å². The van der Waals surface area contributed by atoms with Crippen LogP contribution in [-0.2, 0) is 19.6 Å². The van der Waals surface area contributed by atoms with Crippen molar-refractivity contribution in [1.29, 1.82) is 0 Å². The van der Waals surface area contributed by atoms with Crippen LogP contribution in [0.3, 0.4) is 0 Å². The first-order valence-corrected chi connectivity index (χ1v) is 13.7. The van der Waals surface area contributed by atoms with Crippen molar-refractivity contribution in [2.75, 3.05) is 44.6 Å². The highest BCUT2D eigenvalue weighted by Gasteiger charge is 2.29. The Labute approximate surface area is 213 Å². The van der Waals surface area contributed by atoms with Crippen LogP contribution in [0.15, 0.2) is 65.6 Å². The number of piperazine rings is 1. The van der Waals surface area contributed by atoms with Gasteiger partial charge in [-0.25, -0.2) is 17.6 Å². The fourth-order valence-corrected chi connectivity index (χ4v) is 6.29. The molecule has 2 heterocycles. The van der Waals surface area contributed by atoms with Gasteiger partial charge in [0, 0.05) is 31.1 Å². The van der Waals surface area contributed by atoms with E-state index in [1.165, 1.54) is 27.8 Å². The van der Waals surface area contributed by atoms with E-state index in [1.807, 2.05) is 35.2 Å². The minimum atomic E-state index is -3.73. The molecule has 3 aromatic rings. The number of anilines is 1. The number of ether oxygens (including phenoxy) is 1. The van der Waals surface area contributed by atoms with Crippen LogP contribution in [0.2, 0.25) is 0 Å². The molecule has 2 aromatic carbocycles. The molecule has 0 unspecified atom stereocenters. The van der Waals surface area contributed by atoms with Gasteiger partial charge < -0.3 is 10.1 Å². The smallest absolute Gasteiger partial charge is 0.350 e. The topological polar surface area (TPSA) is 96.0 Å². The first-order valence-electron chi connectivity index (χ1n) is 11.4. The van der Waals surface area contributed by atoms with Gasteiger partial charge in [0.1, 0.15) is 10.7 Å². The van der Waals surface area contributed by atoms with Crippen molar-refractivity contribution in [1.82, 2.24) is 9.21 Å². The number of esters is 1. The molecule has 1 aliphatic heterocycles. The second kappa shape index (κ2) is 11.3. The normalized spacial score (nSPS) is 14.9. The average molecular weight is 532 g/mol. The van der Waals surface area contributed by atoms with Gasteiger partial charge in [-0.05, 0) is 42.8 Å². The highest BCUT2D eigenvalue weighted by molar-refractivity contribution is 7.89. The Bertz CT molecular complexity index is 1320. The number of thiophene rings is 1. The zero-order chi connectivity index (χ0) is 25.7. The van der Waals surface area contributed by atoms with E-state index in [-0.39, 0.29) is 37.0 Å². The molecule has 1 aliphatic rings. The van der Waals surface area contributed by atoms with Crippen LogP contribution in [-0.4, -0.2) is 68.8 Å². The summed E-state index contributed by atoms with van der Waals surface area (Å²) in [5.41, 5.74) is 1.31. The Balaban J connectivity index is 1.39. The maximum absolute atomic E-state index is 13.2. The number of hydrogen-bond acceptors (Lipinski definition) is 7. The predicted molar refractivity (Wildman–Crippen MR) is 136 cm³/mol. The monoisotopic (exact) mass is 531 g/mol. The Morgan fingerprint density at radius 3 is 2.33 bits per heavy atom. The van der Waals surface area contributed by atoms with E-state index >= 15 is 0 Å². The summed E-state index contributed by atoms with van der Waals surface area (Å²) in [5.74, 6) is -1.31.